The number of amides is 4. The summed E-state index contributed by atoms with van der Waals surface area (Å²) in [4.78, 5) is 53.2. The third kappa shape index (κ3) is 10.7. The van der Waals surface area contributed by atoms with E-state index in [2.05, 4.69) is 10.6 Å². The van der Waals surface area contributed by atoms with Crippen LogP contribution in [0.5, 0.6) is 5.75 Å². The van der Waals surface area contributed by atoms with E-state index in [9.17, 15) is 24.3 Å². The van der Waals surface area contributed by atoms with Crippen molar-refractivity contribution in [1.82, 2.24) is 15.5 Å². The van der Waals surface area contributed by atoms with Crippen LogP contribution in [0.3, 0.4) is 0 Å². The standard InChI is InChI=1S/C29H40N4O6/c1-5-6-18-33(27(37)23(16-17-24(30)35)32-28(38)39-29(2,3)4)25(21-12-14-22(34)15-13-21)26(36)31-19-20-10-8-7-9-11-20/h7-15,23,25,34H,5-6,16-19H2,1-4H3,(H2,30,35)(H,31,36)(H,32,38). The van der Waals surface area contributed by atoms with Gasteiger partial charge in [0.1, 0.15) is 23.4 Å². The number of alkyl carbamates (subject to hydrolysis) is 1. The Balaban J connectivity index is 2.45. The van der Waals surface area contributed by atoms with Crippen molar-refractivity contribution >= 4 is 23.8 Å². The molecule has 10 nitrogen and oxygen atoms in total. The van der Waals surface area contributed by atoms with Gasteiger partial charge in [-0.15, -0.1) is 0 Å². The molecular weight excluding hydrogens is 500 g/mol. The van der Waals surface area contributed by atoms with Crippen molar-refractivity contribution in [3.8, 4) is 5.75 Å². The average Bonchev–Trinajstić information content (AvgIpc) is 2.87. The SMILES string of the molecule is CCCCN(C(=O)C(CCC(N)=O)NC(=O)OC(C)(C)C)C(C(=O)NCc1ccccc1)c1ccc(O)cc1. The molecule has 0 aromatic heterocycles. The maximum Gasteiger partial charge on any atom is 0.408 e. The number of unbranched alkanes of at least 4 members (excludes halogenated alkanes) is 1. The third-order valence-electron chi connectivity index (χ3n) is 5.78. The molecule has 2 aromatic rings. The van der Waals surface area contributed by atoms with E-state index in [0.29, 0.717) is 12.0 Å². The van der Waals surface area contributed by atoms with Gasteiger partial charge in [-0.05, 0) is 56.9 Å². The summed E-state index contributed by atoms with van der Waals surface area (Å²) in [5.41, 5.74) is 5.89. The van der Waals surface area contributed by atoms with Crippen LogP contribution < -0.4 is 16.4 Å². The third-order valence-corrected chi connectivity index (χ3v) is 5.78. The number of carbonyl (C=O) groups excluding carboxylic acids is 4. The highest BCUT2D eigenvalue weighted by molar-refractivity contribution is 5.92. The quantitative estimate of drug-likeness (QED) is 0.305. The number of benzene rings is 2. The lowest BCUT2D eigenvalue weighted by Crippen LogP contribution is -2.53. The first-order chi connectivity index (χ1) is 18.4. The molecule has 2 rings (SSSR count). The number of nitrogens with zero attached hydrogens (tertiary/aromatic N) is 1. The minimum absolute atomic E-state index is 0.0135. The van der Waals surface area contributed by atoms with Gasteiger partial charge in [0.15, 0.2) is 0 Å². The molecular formula is C29H40N4O6. The summed E-state index contributed by atoms with van der Waals surface area (Å²) in [6, 6.07) is 13.2. The number of phenolic OH excluding ortho intramolecular Hbond substituents is 1. The van der Waals surface area contributed by atoms with Gasteiger partial charge in [-0.3, -0.25) is 14.4 Å². The van der Waals surface area contributed by atoms with Crippen molar-refractivity contribution in [2.75, 3.05) is 6.54 Å². The molecule has 5 N–H and O–H groups in total. The number of hydrogen-bond donors (Lipinski definition) is 4. The van der Waals surface area contributed by atoms with Crippen LogP contribution in [0.25, 0.3) is 0 Å². The molecule has 0 fully saturated rings. The summed E-state index contributed by atoms with van der Waals surface area (Å²) in [5.74, 6) is -1.60. The van der Waals surface area contributed by atoms with Crippen molar-refractivity contribution in [2.45, 2.75) is 77.6 Å². The molecule has 2 unspecified atom stereocenters. The Morgan fingerprint density at radius 1 is 1.03 bits per heavy atom. The van der Waals surface area contributed by atoms with E-state index >= 15 is 0 Å². The second-order valence-electron chi connectivity index (χ2n) is 10.3. The van der Waals surface area contributed by atoms with E-state index in [1.165, 1.54) is 17.0 Å². The molecule has 0 spiro atoms. The number of rotatable bonds is 13. The zero-order valence-electron chi connectivity index (χ0n) is 23.1. The molecule has 0 saturated carbocycles. The van der Waals surface area contributed by atoms with Crippen LogP contribution in [0.15, 0.2) is 54.6 Å². The van der Waals surface area contributed by atoms with E-state index in [4.69, 9.17) is 10.5 Å². The Morgan fingerprint density at radius 2 is 1.67 bits per heavy atom. The van der Waals surface area contributed by atoms with Crippen LogP contribution in [0.1, 0.15) is 70.5 Å². The summed E-state index contributed by atoms with van der Waals surface area (Å²) in [6.45, 7) is 7.49. The van der Waals surface area contributed by atoms with Gasteiger partial charge in [-0.1, -0.05) is 55.8 Å². The molecule has 212 valence electrons. The molecule has 2 atom stereocenters. The number of ether oxygens (including phenoxy) is 1. The van der Waals surface area contributed by atoms with E-state index in [-0.39, 0.29) is 31.7 Å². The normalized spacial score (nSPS) is 12.6. The summed E-state index contributed by atoms with van der Waals surface area (Å²) in [7, 11) is 0. The number of hydrogen-bond acceptors (Lipinski definition) is 6. The van der Waals surface area contributed by atoms with Gasteiger partial charge in [0.25, 0.3) is 0 Å². The van der Waals surface area contributed by atoms with Crippen LogP contribution in [-0.2, 0) is 25.7 Å². The topological polar surface area (TPSA) is 151 Å². The molecule has 4 amide bonds. The number of aromatic hydroxyl groups is 1. The number of carbonyl (C=O) groups is 4. The van der Waals surface area contributed by atoms with Gasteiger partial charge in [0.2, 0.25) is 17.7 Å². The van der Waals surface area contributed by atoms with Crippen molar-refractivity contribution < 1.29 is 29.0 Å². The highest BCUT2D eigenvalue weighted by Gasteiger charge is 2.36. The van der Waals surface area contributed by atoms with Crippen LogP contribution >= 0.6 is 0 Å². The van der Waals surface area contributed by atoms with E-state index in [0.717, 1.165) is 12.0 Å². The molecule has 0 bridgehead atoms. The molecule has 0 saturated heterocycles. The van der Waals surface area contributed by atoms with E-state index < -0.39 is 41.5 Å². The predicted molar refractivity (Wildman–Crippen MR) is 147 cm³/mol. The lowest BCUT2D eigenvalue weighted by molar-refractivity contribution is -0.143. The Morgan fingerprint density at radius 3 is 2.23 bits per heavy atom. The maximum absolute atomic E-state index is 14.0. The zero-order chi connectivity index (χ0) is 29.0. The Bertz CT molecular complexity index is 1100. The van der Waals surface area contributed by atoms with Crippen LogP contribution in [0, 0.1) is 0 Å². The van der Waals surface area contributed by atoms with Crippen molar-refractivity contribution in [1.29, 1.82) is 0 Å². The van der Waals surface area contributed by atoms with Gasteiger partial charge < -0.3 is 31.1 Å². The van der Waals surface area contributed by atoms with Gasteiger partial charge in [0, 0.05) is 19.5 Å². The highest BCUT2D eigenvalue weighted by atomic mass is 16.6. The van der Waals surface area contributed by atoms with Gasteiger partial charge in [-0.2, -0.15) is 0 Å². The zero-order valence-corrected chi connectivity index (χ0v) is 23.1. The second-order valence-corrected chi connectivity index (χ2v) is 10.3. The van der Waals surface area contributed by atoms with Gasteiger partial charge >= 0.3 is 6.09 Å². The minimum atomic E-state index is -1.16. The van der Waals surface area contributed by atoms with Crippen LogP contribution in [0.2, 0.25) is 0 Å². The van der Waals surface area contributed by atoms with Gasteiger partial charge in [-0.25, -0.2) is 4.79 Å². The number of primary amides is 1. The summed E-state index contributed by atoms with van der Waals surface area (Å²) < 4.78 is 5.34. The maximum atomic E-state index is 14.0. The summed E-state index contributed by atoms with van der Waals surface area (Å²) in [5, 5.41) is 15.3. The average molecular weight is 541 g/mol. The number of nitrogens with two attached hydrogens (primary N) is 1. The van der Waals surface area contributed by atoms with Crippen molar-refractivity contribution in [3.05, 3.63) is 65.7 Å². The fraction of sp³-hybridized carbons (Fsp3) is 0.448. The summed E-state index contributed by atoms with van der Waals surface area (Å²) in [6.07, 6.45) is 0.280. The first-order valence-electron chi connectivity index (χ1n) is 13.1. The molecule has 39 heavy (non-hydrogen) atoms. The molecule has 10 heteroatoms. The summed E-state index contributed by atoms with van der Waals surface area (Å²) >= 11 is 0. The Labute approximate surface area is 229 Å². The first-order valence-corrected chi connectivity index (χ1v) is 13.1. The van der Waals surface area contributed by atoms with Crippen molar-refractivity contribution in [3.63, 3.8) is 0 Å². The smallest absolute Gasteiger partial charge is 0.408 e. The largest absolute Gasteiger partial charge is 0.508 e. The molecule has 2 aromatic carbocycles. The van der Waals surface area contributed by atoms with Gasteiger partial charge in [0.05, 0.1) is 0 Å². The highest BCUT2D eigenvalue weighted by Crippen LogP contribution is 2.26. The lowest BCUT2D eigenvalue weighted by atomic mass is 10.0. The predicted octanol–water partition coefficient (Wildman–Crippen LogP) is 3.54. The lowest BCUT2D eigenvalue weighted by Gasteiger charge is -2.34. The first kappa shape index (κ1) is 31.1. The molecule has 0 aliphatic carbocycles. The monoisotopic (exact) mass is 540 g/mol. The van der Waals surface area contributed by atoms with Crippen LogP contribution in [0.4, 0.5) is 4.79 Å². The molecule has 0 aliphatic heterocycles. The fourth-order valence-electron chi connectivity index (χ4n) is 3.90. The van der Waals surface area contributed by atoms with Crippen molar-refractivity contribution in [2.24, 2.45) is 5.73 Å². The Kier molecular flexibility index (Phi) is 11.8. The molecule has 0 heterocycles. The second kappa shape index (κ2) is 14.8. The van der Waals surface area contributed by atoms with E-state index in [1.54, 1.807) is 32.9 Å². The minimum Gasteiger partial charge on any atom is -0.508 e. The molecule has 0 radical (unpaired) electrons. The number of nitrogens with one attached hydrogen (secondary N) is 2. The van der Waals surface area contributed by atoms with Crippen LogP contribution in [-0.4, -0.2) is 52.0 Å². The molecule has 0 aliphatic rings. The van der Waals surface area contributed by atoms with E-state index in [1.807, 2.05) is 37.3 Å². The number of phenols is 1. The fourth-order valence-corrected chi connectivity index (χ4v) is 3.90. The Hall–Kier alpha value is -4.08.